The number of nitrogens with zero attached hydrogens (tertiary/aromatic N) is 3. The maximum Gasteiger partial charge on any atom is 0.304 e. The number of esters is 1. The fraction of sp³-hybridized carbons (Fsp3) is 0.583. The van der Waals surface area contributed by atoms with Crippen molar-refractivity contribution in [3.8, 4) is 5.75 Å². The first-order chi connectivity index (χ1) is 15.9. The van der Waals surface area contributed by atoms with E-state index < -0.39 is 6.23 Å². The van der Waals surface area contributed by atoms with Crippen molar-refractivity contribution in [2.45, 2.75) is 77.6 Å². The molecule has 9 heteroatoms. The Labute approximate surface area is 194 Å². The predicted octanol–water partition coefficient (Wildman–Crippen LogP) is 2.85. The molecule has 0 radical (unpaired) electrons. The highest BCUT2D eigenvalue weighted by atomic mass is 16.6. The summed E-state index contributed by atoms with van der Waals surface area (Å²) in [5, 5.41) is 2.76. The summed E-state index contributed by atoms with van der Waals surface area (Å²) >= 11 is 0. The first-order valence-electron chi connectivity index (χ1n) is 11.8. The van der Waals surface area contributed by atoms with Crippen LogP contribution in [0.1, 0.15) is 64.4 Å². The third kappa shape index (κ3) is 5.64. The Hall–Kier alpha value is -3.10. The van der Waals surface area contributed by atoms with E-state index in [1.807, 2.05) is 23.1 Å². The quantitative estimate of drug-likeness (QED) is 0.348. The van der Waals surface area contributed by atoms with E-state index in [0.717, 1.165) is 49.1 Å². The van der Waals surface area contributed by atoms with Crippen molar-refractivity contribution in [1.29, 1.82) is 0 Å². The molecule has 1 unspecified atom stereocenters. The van der Waals surface area contributed by atoms with Crippen molar-refractivity contribution in [1.82, 2.24) is 15.1 Å². The van der Waals surface area contributed by atoms with Gasteiger partial charge in [-0.05, 0) is 50.8 Å². The van der Waals surface area contributed by atoms with Crippen LogP contribution in [-0.2, 0) is 25.7 Å². The summed E-state index contributed by atoms with van der Waals surface area (Å²) in [6, 6.07) is 5.90. The van der Waals surface area contributed by atoms with Crippen LogP contribution in [0.5, 0.6) is 5.75 Å². The first-order valence-corrected chi connectivity index (χ1v) is 11.8. The Bertz CT molecular complexity index is 941. The minimum atomic E-state index is -0.533. The number of benzene rings is 1. The van der Waals surface area contributed by atoms with Gasteiger partial charge in [0, 0.05) is 31.5 Å². The number of guanidine groups is 1. The number of amides is 2. The second-order valence-electron chi connectivity index (χ2n) is 8.88. The van der Waals surface area contributed by atoms with Gasteiger partial charge in [0.15, 0.2) is 6.23 Å². The van der Waals surface area contributed by atoms with Gasteiger partial charge in [0.25, 0.3) is 0 Å². The lowest BCUT2D eigenvalue weighted by atomic mass is 10.1. The zero-order valence-electron chi connectivity index (χ0n) is 19.3. The fourth-order valence-corrected chi connectivity index (χ4v) is 4.81. The lowest BCUT2D eigenvalue weighted by molar-refractivity contribution is -0.164. The molecular formula is C24H32N4O5. The lowest BCUT2D eigenvalue weighted by Gasteiger charge is -2.34. The molecule has 1 atom stereocenters. The number of hydrogen-bond acceptors (Lipinski definition) is 7. The van der Waals surface area contributed by atoms with Crippen molar-refractivity contribution in [2.75, 3.05) is 13.2 Å². The molecule has 1 saturated carbocycles. The highest BCUT2D eigenvalue weighted by Crippen LogP contribution is 2.30. The molecule has 1 aromatic rings. The zero-order chi connectivity index (χ0) is 23.4. The van der Waals surface area contributed by atoms with Gasteiger partial charge >= 0.3 is 5.97 Å². The molecule has 1 aromatic carbocycles. The summed E-state index contributed by atoms with van der Waals surface area (Å²) in [7, 11) is 0. The number of nitrogens with one attached hydrogen (secondary N) is 1. The van der Waals surface area contributed by atoms with Gasteiger partial charge in [-0.15, -0.1) is 0 Å². The number of aliphatic imine (C=N–C) groups is 1. The molecule has 2 aliphatic heterocycles. The molecule has 1 saturated heterocycles. The van der Waals surface area contributed by atoms with E-state index in [-0.39, 0.29) is 23.8 Å². The van der Waals surface area contributed by atoms with E-state index >= 15 is 0 Å². The molecule has 2 amide bonds. The van der Waals surface area contributed by atoms with Crippen LogP contribution in [0.2, 0.25) is 0 Å². The van der Waals surface area contributed by atoms with Crippen LogP contribution in [0.3, 0.4) is 0 Å². The molecule has 9 nitrogen and oxygen atoms in total. The van der Waals surface area contributed by atoms with Gasteiger partial charge in [0.2, 0.25) is 17.8 Å². The normalized spacial score (nSPS) is 18.2. The Morgan fingerprint density at radius 1 is 1.24 bits per heavy atom. The molecular weight excluding hydrogens is 424 g/mol. The maximum absolute atomic E-state index is 12.9. The molecule has 1 N–H and O–H groups in total. The topological polar surface area (TPSA) is 101 Å². The van der Waals surface area contributed by atoms with Crippen LogP contribution in [0.15, 0.2) is 23.2 Å². The minimum Gasteiger partial charge on any atom is -0.494 e. The molecule has 1 aliphatic carbocycles. The SMILES string of the molecule is CC(=O)OC(C)N(C(=O)CCCCOc1ccc2c(c1)CN1CC(=O)NC1=N2)C1CCCC1. The molecule has 2 heterocycles. The van der Waals surface area contributed by atoms with E-state index in [1.54, 1.807) is 11.8 Å². The summed E-state index contributed by atoms with van der Waals surface area (Å²) in [6.45, 7) is 4.60. The Morgan fingerprint density at radius 3 is 2.79 bits per heavy atom. The summed E-state index contributed by atoms with van der Waals surface area (Å²) in [5.74, 6) is 0.994. The minimum absolute atomic E-state index is 0.0341. The molecule has 4 rings (SSSR count). The summed E-state index contributed by atoms with van der Waals surface area (Å²) < 4.78 is 11.2. The second-order valence-corrected chi connectivity index (χ2v) is 8.88. The molecule has 3 aliphatic rings. The second kappa shape index (κ2) is 10.2. The van der Waals surface area contributed by atoms with Gasteiger partial charge in [-0.1, -0.05) is 12.8 Å². The molecule has 2 fully saturated rings. The number of rotatable bonds is 9. The number of carbonyl (C=O) groups is 3. The highest BCUT2D eigenvalue weighted by Gasteiger charge is 2.32. The zero-order valence-corrected chi connectivity index (χ0v) is 19.3. The average molecular weight is 457 g/mol. The van der Waals surface area contributed by atoms with Crippen molar-refractivity contribution in [3.05, 3.63) is 23.8 Å². The smallest absolute Gasteiger partial charge is 0.304 e. The third-order valence-corrected chi connectivity index (χ3v) is 6.31. The van der Waals surface area contributed by atoms with Crippen molar-refractivity contribution in [2.24, 2.45) is 4.99 Å². The molecule has 178 valence electrons. The van der Waals surface area contributed by atoms with E-state index in [2.05, 4.69) is 10.3 Å². The lowest BCUT2D eigenvalue weighted by Crippen LogP contribution is -2.46. The molecule has 0 bridgehead atoms. The van der Waals surface area contributed by atoms with Crippen LogP contribution < -0.4 is 10.1 Å². The van der Waals surface area contributed by atoms with Crippen LogP contribution in [-0.4, -0.2) is 59.0 Å². The van der Waals surface area contributed by atoms with E-state index in [4.69, 9.17) is 9.47 Å². The van der Waals surface area contributed by atoms with Crippen LogP contribution in [0.4, 0.5) is 5.69 Å². The Kier molecular flexibility index (Phi) is 7.15. The predicted molar refractivity (Wildman–Crippen MR) is 122 cm³/mol. The third-order valence-electron chi connectivity index (χ3n) is 6.31. The van der Waals surface area contributed by atoms with E-state index in [0.29, 0.717) is 38.5 Å². The van der Waals surface area contributed by atoms with Crippen LogP contribution in [0, 0.1) is 0 Å². The first kappa shape index (κ1) is 23.1. The maximum atomic E-state index is 12.9. The number of hydrogen-bond donors (Lipinski definition) is 1. The fourth-order valence-electron chi connectivity index (χ4n) is 4.81. The van der Waals surface area contributed by atoms with Gasteiger partial charge in [-0.25, -0.2) is 4.99 Å². The van der Waals surface area contributed by atoms with Crippen molar-refractivity contribution in [3.63, 3.8) is 0 Å². The molecule has 33 heavy (non-hydrogen) atoms. The number of ether oxygens (including phenoxy) is 2. The largest absolute Gasteiger partial charge is 0.494 e. The summed E-state index contributed by atoms with van der Waals surface area (Å²) in [6.07, 6.45) is 5.46. The monoisotopic (exact) mass is 456 g/mol. The van der Waals surface area contributed by atoms with Crippen LogP contribution in [0.25, 0.3) is 0 Å². The highest BCUT2D eigenvalue weighted by molar-refractivity contribution is 6.05. The van der Waals surface area contributed by atoms with Gasteiger partial charge in [-0.2, -0.15) is 0 Å². The molecule has 0 spiro atoms. The van der Waals surface area contributed by atoms with E-state index in [1.165, 1.54) is 6.92 Å². The van der Waals surface area contributed by atoms with Crippen molar-refractivity contribution < 1.29 is 23.9 Å². The summed E-state index contributed by atoms with van der Waals surface area (Å²) in [4.78, 5) is 44.0. The van der Waals surface area contributed by atoms with Crippen LogP contribution >= 0.6 is 0 Å². The van der Waals surface area contributed by atoms with Gasteiger partial charge in [0.05, 0.1) is 12.3 Å². The molecule has 0 aromatic heterocycles. The number of fused-ring (bicyclic) bond motifs is 2. The van der Waals surface area contributed by atoms with Gasteiger partial charge in [0.1, 0.15) is 12.3 Å². The van der Waals surface area contributed by atoms with E-state index in [9.17, 15) is 14.4 Å². The number of unbranched alkanes of at least 4 members (excludes halogenated alkanes) is 1. The Balaban J connectivity index is 1.24. The standard InChI is InChI=1S/C24H32N4O5/c1-16(33-17(2)29)28(19-7-3-4-8-19)23(31)9-5-6-12-32-20-10-11-21-18(13-20)14-27-15-22(30)26-24(27)25-21/h10-11,13,16,19H,3-9,12,14-15H2,1-2H3,(H,25,26,30). The Morgan fingerprint density at radius 2 is 2.03 bits per heavy atom. The van der Waals surface area contributed by atoms with Gasteiger partial charge in [-0.3, -0.25) is 19.7 Å². The average Bonchev–Trinajstić information content (AvgIpc) is 3.40. The summed E-state index contributed by atoms with van der Waals surface area (Å²) in [5.41, 5.74) is 1.87. The van der Waals surface area contributed by atoms with Gasteiger partial charge < -0.3 is 19.3 Å². The van der Waals surface area contributed by atoms with Crippen molar-refractivity contribution >= 4 is 29.4 Å². The number of carbonyl (C=O) groups excluding carboxylic acids is 3.